The van der Waals surface area contributed by atoms with E-state index in [1.165, 1.54) is 43.6 Å². The minimum absolute atomic E-state index is 0. The minimum atomic E-state index is -1.80. The molecule has 0 aliphatic rings. The number of aromatic nitrogens is 2. The number of hydrogen-bond donors (Lipinski definition) is 0. The van der Waals surface area contributed by atoms with Gasteiger partial charge in [-0.2, -0.15) is 11.3 Å². The van der Waals surface area contributed by atoms with Crippen molar-refractivity contribution >= 4 is 70.7 Å². The molecule has 1 radical (unpaired) electrons. The summed E-state index contributed by atoms with van der Waals surface area (Å²) in [5, 5.41) is 7.12. The molecule has 8 rings (SSSR count). The Labute approximate surface area is 298 Å². The third kappa shape index (κ3) is 6.55. The number of halogens is 1. The van der Waals surface area contributed by atoms with E-state index in [2.05, 4.69) is 100 Å². The first-order valence-corrected chi connectivity index (χ1v) is 23.4. The Hall–Kier alpha value is -3.74. The SMILES string of the molecule is [2H]C([2H])(C)c1cc(-c2[c-]ccc3c2sc2c3ccc3c4ccccc4ccc32)ncc1F.[CH3][Ge]([CH3])([CH3])[c]1ccc(-c2[c-]cccc2)nc1.[Ir]. The van der Waals surface area contributed by atoms with Gasteiger partial charge in [-0.15, -0.1) is 23.8 Å². The van der Waals surface area contributed by atoms with Crippen LogP contribution in [-0.2, 0) is 26.5 Å². The van der Waals surface area contributed by atoms with Gasteiger partial charge in [0.15, 0.2) is 0 Å². The van der Waals surface area contributed by atoms with Crippen LogP contribution in [-0.4, -0.2) is 23.2 Å². The van der Waals surface area contributed by atoms with Crippen LogP contribution in [0.25, 0.3) is 64.2 Å². The van der Waals surface area contributed by atoms with Gasteiger partial charge >= 0.3 is 99.8 Å². The molecule has 0 N–H and O–H groups in total. The van der Waals surface area contributed by atoms with E-state index in [9.17, 15) is 4.39 Å². The van der Waals surface area contributed by atoms with Gasteiger partial charge in [0.2, 0.25) is 0 Å². The predicted molar refractivity (Wildman–Crippen MR) is 197 cm³/mol. The fourth-order valence-electron chi connectivity index (χ4n) is 5.79. The molecule has 0 saturated carbocycles. The summed E-state index contributed by atoms with van der Waals surface area (Å²) in [5.74, 6) is 6.50. The van der Waals surface area contributed by atoms with Gasteiger partial charge in [0, 0.05) is 27.5 Å². The molecule has 3 heterocycles. The van der Waals surface area contributed by atoms with E-state index in [0.29, 0.717) is 5.69 Å². The molecule has 8 aromatic rings. The molecule has 0 bridgehead atoms. The van der Waals surface area contributed by atoms with Crippen molar-refractivity contribution in [1.29, 1.82) is 0 Å². The van der Waals surface area contributed by atoms with Crippen LogP contribution in [0.3, 0.4) is 0 Å². The summed E-state index contributed by atoms with van der Waals surface area (Å²) in [5.41, 5.74) is 3.37. The molecular formula is C41H33FGeIrN2S-2. The number of benzene rings is 5. The monoisotopic (exact) mass is 873 g/mol. The first-order valence-electron chi connectivity index (χ1n) is 16.3. The molecule has 0 atom stereocenters. The van der Waals surface area contributed by atoms with Gasteiger partial charge in [0.25, 0.3) is 0 Å². The molecule has 5 aromatic carbocycles. The predicted octanol–water partition coefficient (Wildman–Crippen LogP) is 11.0. The maximum absolute atomic E-state index is 14.3. The van der Waals surface area contributed by atoms with Crippen molar-refractivity contribution < 1.29 is 27.2 Å². The minimum Gasteiger partial charge on any atom is 0 e. The molecule has 235 valence electrons. The van der Waals surface area contributed by atoms with Gasteiger partial charge in [-0.05, 0) is 49.3 Å². The van der Waals surface area contributed by atoms with Crippen LogP contribution < -0.4 is 4.40 Å². The summed E-state index contributed by atoms with van der Waals surface area (Å²) in [7, 11) is 0. The smallest absolute Gasteiger partial charge is 0 e. The van der Waals surface area contributed by atoms with E-state index in [-0.39, 0.29) is 25.7 Å². The molecule has 0 fully saturated rings. The molecule has 0 aliphatic carbocycles. The Bertz CT molecular complexity index is 2440. The Morgan fingerprint density at radius 3 is 2.19 bits per heavy atom. The summed E-state index contributed by atoms with van der Waals surface area (Å²) in [6, 6.07) is 41.3. The quantitative estimate of drug-likeness (QED) is 0.100. The first-order chi connectivity index (χ1) is 23.0. The zero-order valence-corrected chi connectivity index (χ0v) is 31.8. The number of hydrogen-bond acceptors (Lipinski definition) is 3. The van der Waals surface area contributed by atoms with Gasteiger partial charge in [-0.3, -0.25) is 0 Å². The molecule has 0 aliphatic heterocycles. The number of aryl methyl sites for hydroxylation is 1. The molecule has 0 saturated heterocycles. The van der Waals surface area contributed by atoms with Crippen molar-refractivity contribution in [2.75, 3.05) is 0 Å². The van der Waals surface area contributed by atoms with Crippen molar-refractivity contribution in [1.82, 2.24) is 9.97 Å². The maximum atomic E-state index is 14.3. The van der Waals surface area contributed by atoms with Crippen molar-refractivity contribution in [3.63, 3.8) is 0 Å². The molecule has 47 heavy (non-hydrogen) atoms. The second kappa shape index (κ2) is 13.8. The fourth-order valence-corrected chi connectivity index (χ4v) is 9.30. The van der Waals surface area contributed by atoms with Crippen LogP contribution in [0.15, 0.2) is 116 Å². The van der Waals surface area contributed by atoms with E-state index in [0.717, 1.165) is 38.5 Å². The Kier molecular flexibility index (Phi) is 8.97. The molecular weight excluding hydrogens is 836 g/mol. The van der Waals surface area contributed by atoms with Crippen LogP contribution in [0, 0.1) is 17.9 Å². The summed E-state index contributed by atoms with van der Waals surface area (Å²) in [6.07, 6.45) is 1.34. The zero-order chi connectivity index (χ0) is 33.6. The molecule has 0 spiro atoms. The third-order valence-electron chi connectivity index (χ3n) is 8.32. The van der Waals surface area contributed by atoms with Gasteiger partial charge in [-0.25, -0.2) is 4.39 Å². The number of thiophene rings is 1. The van der Waals surface area contributed by atoms with Gasteiger partial charge < -0.3 is 4.98 Å². The Morgan fingerprint density at radius 1 is 0.723 bits per heavy atom. The number of pyridine rings is 2. The number of rotatable bonds is 4. The molecule has 2 nitrogen and oxygen atoms in total. The van der Waals surface area contributed by atoms with E-state index in [1.807, 2.05) is 42.6 Å². The van der Waals surface area contributed by atoms with Crippen molar-refractivity contribution in [2.45, 2.75) is 30.6 Å². The van der Waals surface area contributed by atoms with Crippen LogP contribution in [0.1, 0.15) is 15.2 Å². The topological polar surface area (TPSA) is 25.8 Å². The average molecular weight is 872 g/mol. The maximum Gasteiger partial charge on any atom is 0 e. The van der Waals surface area contributed by atoms with Gasteiger partial charge in [0.1, 0.15) is 5.82 Å². The number of fused-ring (bicyclic) bond motifs is 7. The standard InChI is InChI=1S/C27H17FNS.C14H16GeN.Ir/c1-2-16-14-25(29-15-24(16)28)23-9-5-8-20-22-13-12-19-18-7-4-3-6-17(18)10-11-21(19)26(22)30-27(20)23;1-15(2,3)13-9-10-14(16-11-13)12-7-5-4-6-8-12;/h3-8,10-15H,2H2,1H3;4-7,9-11H,1-3H3;/q2*-1;/i2D2;;. The van der Waals surface area contributed by atoms with Crippen LogP contribution in [0.2, 0.25) is 17.3 Å². The Morgan fingerprint density at radius 2 is 1.45 bits per heavy atom. The van der Waals surface area contributed by atoms with Crippen molar-refractivity contribution in [3.05, 3.63) is 139 Å². The Balaban J connectivity index is 0.000000208. The second-order valence-electron chi connectivity index (χ2n) is 12.3. The van der Waals surface area contributed by atoms with E-state index >= 15 is 0 Å². The summed E-state index contributed by atoms with van der Waals surface area (Å²) in [6.45, 7) is 1.36. The van der Waals surface area contributed by atoms with Crippen LogP contribution >= 0.6 is 11.3 Å². The van der Waals surface area contributed by atoms with Crippen LogP contribution in [0.4, 0.5) is 4.39 Å². The van der Waals surface area contributed by atoms with Gasteiger partial charge in [0.05, 0.1) is 6.20 Å². The van der Waals surface area contributed by atoms with Gasteiger partial charge in [-0.1, -0.05) is 66.9 Å². The molecule has 0 unspecified atom stereocenters. The summed E-state index contributed by atoms with van der Waals surface area (Å²) in [4.78, 5) is 8.81. The first kappa shape index (κ1) is 30.6. The largest absolute Gasteiger partial charge is 0 e. The van der Waals surface area contributed by atoms with Crippen LogP contribution in [0.5, 0.6) is 0 Å². The molecule has 6 heteroatoms. The third-order valence-corrected chi connectivity index (χ3v) is 13.8. The van der Waals surface area contributed by atoms with E-state index < -0.39 is 25.5 Å². The molecule has 0 amide bonds. The summed E-state index contributed by atoms with van der Waals surface area (Å²) >= 11 is -0.0359. The summed E-state index contributed by atoms with van der Waals surface area (Å²) < 4.78 is 33.9. The van der Waals surface area contributed by atoms with Crippen molar-refractivity contribution in [3.8, 4) is 22.5 Å². The molecule has 3 aromatic heterocycles. The second-order valence-corrected chi connectivity index (χ2v) is 24.0. The van der Waals surface area contributed by atoms with E-state index in [4.69, 9.17) is 2.74 Å². The average Bonchev–Trinajstić information content (AvgIpc) is 3.48. The van der Waals surface area contributed by atoms with Crippen molar-refractivity contribution in [2.24, 2.45) is 0 Å². The normalized spacial score (nSPS) is 12.4. The van der Waals surface area contributed by atoms with E-state index in [1.54, 1.807) is 11.3 Å². The zero-order valence-electron chi connectivity index (χ0n) is 28.5. The number of nitrogens with zero attached hydrogens (tertiary/aromatic N) is 2. The fraction of sp³-hybridized carbons (Fsp3) is 0.122.